The van der Waals surface area contributed by atoms with E-state index >= 15 is 0 Å². The second-order valence-electron chi connectivity index (χ2n) is 4.75. The van der Waals surface area contributed by atoms with E-state index in [1.807, 2.05) is 28.7 Å². The minimum absolute atomic E-state index is 0.0771. The molecule has 4 nitrogen and oxygen atoms in total. The zero-order chi connectivity index (χ0) is 14.5. The van der Waals surface area contributed by atoms with Crippen molar-refractivity contribution in [3.8, 4) is 6.07 Å². The first kappa shape index (κ1) is 15.6. The van der Waals surface area contributed by atoms with Crippen LogP contribution < -0.4 is 5.32 Å². The van der Waals surface area contributed by atoms with E-state index in [1.54, 1.807) is 6.07 Å². The molecule has 1 aliphatic rings. The van der Waals surface area contributed by atoms with Crippen LogP contribution in [0, 0.1) is 15.1 Å². The maximum atomic E-state index is 12.1. The Morgan fingerprint density at radius 3 is 2.75 bits per heavy atom. The Morgan fingerprint density at radius 1 is 1.50 bits per heavy atom. The van der Waals surface area contributed by atoms with Crippen molar-refractivity contribution < 1.29 is 9.21 Å². The van der Waals surface area contributed by atoms with Crippen molar-refractivity contribution in [3.63, 3.8) is 0 Å². The molecule has 20 heavy (non-hydrogen) atoms. The monoisotopic (exact) mass is 448 g/mol. The molecule has 1 aromatic rings. The molecule has 0 atom stereocenters. The van der Waals surface area contributed by atoms with Gasteiger partial charge in [0.05, 0.1) is 4.47 Å². The molecule has 1 fully saturated rings. The molecule has 1 aliphatic carbocycles. The Bertz CT molecular complexity index is 549. The predicted molar refractivity (Wildman–Crippen MR) is 87.7 cm³/mol. The van der Waals surface area contributed by atoms with Crippen LogP contribution in [0.5, 0.6) is 0 Å². The van der Waals surface area contributed by atoms with Crippen molar-refractivity contribution in [1.29, 1.82) is 5.26 Å². The van der Waals surface area contributed by atoms with Crippen LogP contribution in [0.4, 0.5) is 0 Å². The Hall–Kier alpha value is -0.810. The maximum Gasteiger partial charge on any atom is 0.262 e. The highest BCUT2D eigenvalue weighted by atomic mass is 127. The quantitative estimate of drug-likeness (QED) is 0.431. The summed E-state index contributed by atoms with van der Waals surface area (Å²) >= 11 is 5.37. The first-order chi connectivity index (χ1) is 9.60. The molecule has 1 aromatic heterocycles. The zero-order valence-electron chi connectivity index (χ0n) is 10.8. The lowest BCUT2D eigenvalue weighted by Gasteiger charge is -2.22. The van der Waals surface area contributed by atoms with E-state index in [-0.39, 0.29) is 17.5 Å². The molecular formula is C14H14BrIN2O2. The van der Waals surface area contributed by atoms with Crippen molar-refractivity contribution >= 4 is 50.5 Å². The molecule has 0 aromatic carbocycles. The highest BCUT2D eigenvalue weighted by Gasteiger charge is 2.18. The minimum Gasteiger partial charge on any atom is -0.450 e. The van der Waals surface area contributed by atoms with Crippen LogP contribution in [0.3, 0.4) is 0 Å². The lowest BCUT2D eigenvalue weighted by Crippen LogP contribution is -2.36. The van der Waals surface area contributed by atoms with Gasteiger partial charge in [0.1, 0.15) is 17.4 Å². The van der Waals surface area contributed by atoms with Crippen molar-refractivity contribution in [2.45, 2.75) is 38.1 Å². The van der Waals surface area contributed by atoms with E-state index in [9.17, 15) is 4.79 Å². The lowest BCUT2D eigenvalue weighted by molar-refractivity contribution is -0.117. The summed E-state index contributed by atoms with van der Waals surface area (Å²) in [6.45, 7) is 0. The molecule has 1 heterocycles. The molecular weight excluding hydrogens is 435 g/mol. The van der Waals surface area contributed by atoms with Gasteiger partial charge in [-0.2, -0.15) is 5.26 Å². The first-order valence-electron chi connectivity index (χ1n) is 6.47. The van der Waals surface area contributed by atoms with Gasteiger partial charge in [-0.25, -0.2) is 0 Å². The molecule has 1 amide bonds. The third-order valence-corrected chi connectivity index (χ3v) is 5.39. The number of nitriles is 1. The van der Waals surface area contributed by atoms with Crippen molar-refractivity contribution in [1.82, 2.24) is 5.32 Å². The third-order valence-electron chi connectivity index (χ3n) is 3.26. The summed E-state index contributed by atoms with van der Waals surface area (Å²) in [7, 11) is 0. The lowest BCUT2D eigenvalue weighted by atomic mass is 9.95. The Morgan fingerprint density at radius 2 is 2.20 bits per heavy atom. The van der Waals surface area contributed by atoms with Gasteiger partial charge in [-0.3, -0.25) is 4.79 Å². The van der Waals surface area contributed by atoms with Gasteiger partial charge >= 0.3 is 0 Å². The molecule has 106 valence electrons. The van der Waals surface area contributed by atoms with Crippen LogP contribution in [-0.4, -0.2) is 11.9 Å². The first-order valence-corrected chi connectivity index (χ1v) is 8.35. The van der Waals surface area contributed by atoms with E-state index in [0.29, 0.717) is 9.53 Å². The molecule has 0 radical (unpaired) electrons. The van der Waals surface area contributed by atoms with Gasteiger partial charge in [-0.05, 0) is 34.8 Å². The molecule has 6 heteroatoms. The summed E-state index contributed by atoms with van der Waals surface area (Å²) in [5, 5.41) is 12.1. The largest absolute Gasteiger partial charge is 0.450 e. The topological polar surface area (TPSA) is 66.0 Å². The van der Waals surface area contributed by atoms with Gasteiger partial charge in [0.2, 0.25) is 0 Å². The summed E-state index contributed by atoms with van der Waals surface area (Å²) in [6.07, 6.45) is 6.97. The molecule has 0 unspecified atom stereocenters. The van der Waals surface area contributed by atoms with Crippen LogP contribution in [0.1, 0.15) is 37.9 Å². The van der Waals surface area contributed by atoms with Crippen LogP contribution in [0.2, 0.25) is 0 Å². The van der Waals surface area contributed by atoms with Gasteiger partial charge in [0.15, 0.2) is 3.77 Å². The zero-order valence-corrected chi connectivity index (χ0v) is 14.5. The number of carbonyl (C=O) groups is 1. The Labute approximate surface area is 139 Å². The van der Waals surface area contributed by atoms with Gasteiger partial charge in [-0.1, -0.05) is 19.3 Å². The third kappa shape index (κ3) is 4.09. The van der Waals surface area contributed by atoms with Gasteiger partial charge in [0, 0.05) is 34.7 Å². The van der Waals surface area contributed by atoms with E-state index in [4.69, 9.17) is 9.68 Å². The number of halogens is 2. The second kappa shape index (κ2) is 7.27. The Kier molecular flexibility index (Phi) is 5.66. The number of amides is 1. The van der Waals surface area contributed by atoms with E-state index < -0.39 is 0 Å². The highest BCUT2D eigenvalue weighted by molar-refractivity contribution is 14.1. The number of hydrogen-bond donors (Lipinski definition) is 1. The van der Waals surface area contributed by atoms with E-state index in [0.717, 1.165) is 30.2 Å². The summed E-state index contributed by atoms with van der Waals surface area (Å²) in [6, 6.07) is 3.87. The molecule has 0 aliphatic heterocycles. The van der Waals surface area contributed by atoms with Crippen molar-refractivity contribution in [3.05, 3.63) is 25.6 Å². The van der Waals surface area contributed by atoms with Crippen molar-refractivity contribution in [2.24, 2.45) is 0 Å². The summed E-state index contributed by atoms with van der Waals surface area (Å²) in [4.78, 5) is 12.1. The molecule has 1 N–H and O–H groups in total. The average molecular weight is 449 g/mol. The van der Waals surface area contributed by atoms with Crippen LogP contribution in [0.15, 0.2) is 20.5 Å². The number of rotatable bonds is 3. The summed E-state index contributed by atoms with van der Waals surface area (Å²) < 4.78 is 6.93. The van der Waals surface area contributed by atoms with E-state index in [2.05, 4.69) is 21.2 Å². The normalized spacial score (nSPS) is 16.8. The maximum absolute atomic E-state index is 12.1. The fourth-order valence-corrected chi connectivity index (χ4v) is 2.95. The average Bonchev–Trinajstić information content (AvgIpc) is 2.76. The second-order valence-corrected chi connectivity index (χ2v) is 6.58. The van der Waals surface area contributed by atoms with Crippen LogP contribution in [0.25, 0.3) is 6.08 Å². The van der Waals surface area contributed by atoms with E-state index in [1.165, 1.54) is 12.5 Å². The smallest absolute Gasteiger partial charge is 0.262 e. The number of carbonyl (C=O) groups excluding carboxylic acids is 1. The fraction of sp³-hybridized carbons (Fsp3) is 0.429. The summed E-state index contributed by atoms with van der Waals surface area (Å²) in [5.74, 6) is 0.179. The molecule has 2 rings (SSSR count). The van der Waals surface area contributed by atoms with Gasteiger partial charge in [-0.15, -0.1) is 0 Å². The number of nitrogens with zero attached hydrogens (tertiary/aromatic N) is 1. The molecule has 0 saturated heterocycles. The highest BCUT2D eigenvalue weighted by Crippen LogP contribution is 2.24. The minimum atomic E-state index is -0.318. The standard InChI is InChI=1S/C14H14BrIN2O2/c15-12-7-11(20-13(12)16)6-9(8-17)14(19)18-10-4-2-1-3-5-10/h6-7,10H,1-5H2,(H,18,19). The van der Waals surface area contributed by atoms with Crippen LogP contribution in [-0.2, 0) is 4.79 Å². The SMILES string of the molecule is N#CC(=Cc1cc(Br)c(I)o1)C(=O)NC1CCCCC1. The molecule has 1 saturated carbocycles. The summed E-state index contributed by atoms with van der Waals surface area (Å²) in [5.41, 5.74) is 0.0771. The molecule has 0 spiro atoms. The molecule has 0 bridgehead atoms. The fourth-order valence-electron chi connectivity index (χ4n) is 2.24. The Balaban J connectivity index is 2.07. The number of furan rings is 1. The van der Waals surface area contributed by atoms with Crippen LogP contribution >= 0.6 is 38.5 Å². The van der Waals surface area contributed by atoms with Gasteiger partial charge < -0.3 is 9.73 Å². The predicted octanol–water partition coefficient (Wildman–Crippen LogP) is 4.00. The van der Waals surface area contributed by atoms with Crippen molar-refractivity contribution in [2.75, 3.05) is 0 Å². The number of hydrogen-bond acceptors (Lipinski definition) is 3. The number of nitrogens with one attached hydrogen (secondary N) is 1. The van der Waals surface area contributed by atoms with Gasteiger partial charge in [0.25, 0.3) is 5.91 Å².